The number of aromatic nitrogens is 1. The van der Waals surface area contributed by atoms with E-state index in [-0.39, 0.29) is 24.0 Å². The monoisotopic (exact) mass is 488 g/mol. The second kappa shape index (κ2) is 10.7. The number of nitrogens with zero attached hydrogens (tertiary/aromatic N) is 2. The van der Waals surface area contributed by atoms with Crippen LogP contribution >= 0.6 is 15.9 Å². The van der Waals surface area contributed by atoms with Gasteiger partial charge in [0.1, 0.15) is 0 Å². The average molecular weight is 489 g/mol. The normalized spacial score (nSPS) is 11.0. The Morgan fingerprint density at radius 1 is 1.13 bits per heavy atom. The number of rotatable bonds is 8. The van der Waals surface area contributed by atoms with E-state index in [4.69, 9.17) is 4.74 Å². The van der Waals surface area contributed by atoms with E-state index in [2.05, 4.69) is 25.7 Å². The minimum atomic E-state index is -2.96. The molecule has 0 aliphatic rings. The van der Waals surface area contributed by atoms with Crippen LogP contribution in [0, 0.1) is 0 Å². The molecule has 2 aromatic carbocycles. The van der Waals surface area contributed by atoms with E-state index in [1.807, 2.05) is 42.5 Å². The molecule has 0 aliphatic heterocycles. The standard InChI is InChI=1S/C23H19BrF2N2O3/c1-30-21-14-16(5-11-20(21)31-23(25)26)6-12-22(29)28(15-18-4-2-3-13-27-18)19-9-7-17(24)8-10-19/h2-14,23H,15H2,1H3/b12-6+. The van der Waals surface area contributed by atoms with Gasteiger partial charge in [0.15, 0.2) is 11.5 Å². The van der Waals surface area contributed by atoms with Gasteiger partial charge in [0.25, 0.3) is 5.91 Å². The highest BCUT2D eigenvalue weighted by atomic mass is 79.9. The van der Waals surface area contributed by atoms with Crippen LogP contribution in [0.3, 0.4) is 0 Å². The first-order valence-electron chi connectivity index (χ1n) is 9.24. The quantitative estimate of drug-likeness (QED) is 0.381. The number of amides is 1. The van der Waals surface area contributed by atoms with Crippen LogP contribution in [-0.4, -0.2) is 24.6 Å². The van der Waals surface area contributed by atoms with Gasteiger partial charge in [-0.15, -0.1) is 0 Å². The summed E-state index contributed by atoms with van der Waals surface area (Å²) in [6.45, 7) is -2.67. The Labute approximate surface area is 187 Å². The molecule has 0 saturated carbocycles. The first kappa shape index (κ1) is 22.4. The van der Waals surface area contributed by atoms with Crippen molar-refractivity contribution in [1.82, 2.24) is 4.98 Å². The van der Waals surface area contributed by atoms with E-state index in [0.717, 1.165) is 10.2 Å². The van der Waals surface area contributed by atoms with E-state index in [9.17, 15) is 13.6 Å². The zero-order chi connectivity index (χ0) is 22.2. The topological polar surface area (TPSA) is 51.7 Å². The van der Waals surface area contributed by atoms with Crippen LogP contribution in [0.1, 0.15) is 11.3 Å². The SMILES string of the molecule is COc1cc(/C=C/C(=O)N(Cc2ccccn2)c2ccc(Br)cc2)ccc1OC(F)F. The summed E-state index contributed by atoms with van der Waals surface area (Å²) >= 11 is 3.40. The minimum absolute atomic E-state index is 0.0763. The first-order valence-corrected chi connectivity index (χ1v) is 10.0. The van der Waals surface area contributed by atoms with E-state index in [1.165, 1.54) is 25.3 Å². The number of carbonyl (C=O) groups is 1. The number of anilines is 1. The van der Waals surface area contributed by atoms with Crippen molar-refractivity contribution in [2.75, 3.05) is 12.0 Å². The van der Waals surface area contributed by atoms with Gasteiger partial charge in [-0.25, -0.2) is 0 Å². The van der Waals surface area contributed by atoms with Crippen molar-refractivity contribution in [3.63, 3.8) is 0 Å². The molecular formula is C23H19BrF2N2O3. The Balaban J connectivity index is 1.84. The van der Waals surface area contributed by atoms with Gasteiger partial charge >= 0.3 is 6.61 Å². The minimum Gasteiger partial charge on any atom is -0.493 e. The van der Waals surface area contributed by atoms with Crippen molar-refractivity contribution in [3.8, 4) is 11.5 Å². The van der Waals surface area contributed by atoms with Gasteiger partial charge in [-0.2, -0.15) is 8.78 Å². The number of pyridine rings is 1. The predicted molar refractivity (Wildman–Crippen MR) is 118 cm³/mol. The molecule has 31 heavy (non-hydrogen) atoms. The molecule has 0 fully saturated rings. The van der Waals surface area contributed by atoms with Gasteiger partial charge in [-0.05, 0) is 60.2 Å². The summed E-state index contributed by atoms with van der Waals surface area (Å²) in [5.41, 5.74) is 2.05. The smallest absolute Gasteiger partial charge is 0.387 e. The number of alkyl halides is 2. The van der Waals surface area contributed by atoms with Crippen molar-refractivity contribution in [2.24, 2.45) is 0 Å². The van der Waals surface area contributed by atoms with E-state index < -0.39 is 6.61 Å². The molecule has 3 rings (SSSR count). The third-order valence-electron chi connectivity index (χ3n) is 4.27. The van der Waals surface area contributed by atoms with Gasteiger partial charge in [0.05, 0.1) is 19.3 Å². The van der Waals surface area contributed by atoms with Gasteiger partial charge in [0, 0.05) is 22.4 Å². The molecule has 160 valence electrons. The maximum Gasteiger partial charge on any atom is 0.387 e. The molecule has 0 radical (unpaired) electrons. The number of hydrogen-bond acceptors (Lipinski definition) is 4. The lowest BCUT2D eigenvalue weighted by Crippen LogP contribution is -2.29. The van der Waals surface area contributed by atoms with Gasteiger partial charge < -0.3 is 14.4 Å². The molecule has 0 bridgehead atoms. The Morgan fingerprint density at radius 3 is 2.55 bits per heavy atom. The molecule has 5 nitrogen and oxygen atoms in total. The van der Waals surface area contributed by atoms with Crippen molar-refractivity contribution in [3.05, 3.63) is 88.7 Å². The van der Waals surface area contributed by atoms with Crippen LogP contribution in [0.2, 0.25) is 0 Å². The maximum absolute atomic E-state index is 13.0. The molecule has 0 spiro atoms. The highest BCUT2D eigenvalue weighted by Crippen LogP contribution is 2.30. The van der Waals surface area contributed by atoms with Gasteiger partial charge in [0.2, 0.25) is 0 Å². The van der Waals surface area contributed by atoms with Crippen LogP contribution in [-0.2, 0) is 11.3 Å². The summed E-state index contributed by atoms with van der Waals surface area (Å²) in [7, 11) is 1.36. The van der Waals surface area contributed by atoms with Crippen LogP contribution in [0.25, 0.3) is 6.08 Å². The Hall–Kier alpha value is -3.26. The van der Waals surface area contributed by atoms with Crippen LogP contribution in [0.5, 0.6) is 11.5 Å². The van der Waals surface area contributed by atoms with E-state index in [0.29, 0.717) is 11.3 Å². The summed E-state index contributed by atoms with van der Waals surface area (Å²) in [5.74, 6) is -0.194. The Morgan fingerprint density at radius 2 is 1.90 bits per heavy atom. The fraction of sp³-hybridized carbons (Fsp3) is 0.130. The van der Waals surface area contributed by atoms with E-state index in [1.54, 1.807) is 23.2 Å². The molecular weight excluding hydrogens is 470 g/mol. The lowest BCUT2D eigenvalue weighted by atomic mass is 10.1. The summed E-state index contributed by atoms with van der Waals surface area (Å²) in [6, 6.07) is 17.3. The summed E-state index contributed by atoms with van der Waals surface area (Å²) in [6.07, 6.45) is 4.67. The van der Waals surface area contributed by atoms with Crippen molar-refractivity contribution >= 4 is 33.6 Å². The molecule has 8 heteroatoms. The maximum atomic E-state index is 13.0. The highest BCUT2D eigenvalue weighted by molar-refractivity contribution is 9.10. The molecule has 0 saturated heterocycles. The van der Waals surface area contributed by atoms with E-state index >= 15 is 0 Å². The molecule has 1 aromatic heterocycles. The molecule has 0 aliphatic carbocycles. The molecule has 3 aromatic rings. The second-order valence-corrected chi connectivity index (χ2v) is 7.26. The van der Waals surface area contributed by atoms with Crippen LogP contribution in [0.4, 0.5) is 14.5 Å². The first-order chi connectivity index (χ1) is 15.0. The second-order valence-electron chi connectivity index (χ2n) is 6.34. The summed E-state index contributed by atoms with van der Waals surface area (Å²) < 4.78 is 35.4. The third kappa shape index (κ3) is 6.36. The number of ether oxygens (including phenoxy) is 2. The lowest BCUT2D eigenvalue weighted by molar-refractivity contribution is -0.114. The Kier molecular flexibility index (Phi) is 7.72. The molecule has 1 amide bonds. The number of methoxy groups -OCH3 is 1. The zero-order valence-corrected chi connectivity index (χ0v) is 18.1. The van der Waals surface area contributed by atoms with Gasteiger partial charge in [-0.3, -0.25) is 9.78 Å². The average Bonchev–Trinajstić information content (AvgIpc) is 2.77. The predicted octanol–water partition coefficient (Wildman–Crippen LogP) is 5.70. The highest BCUT2D eigenvalue weighted by Gasteiger charge is 2.15. The van der Waals surface area contributed by atoms with Crippen molar-refractivity contribution in [2.45, 2.75) is 13.2 Å². The fourth-order valence-electron chi connectivity index (χ4n) is 2.81. The molecule has 0 atom stereocenters. The van der Waals surface area contributed by atoms with Crippen molar-refractivity contribution in [1.29, 1.82) is 0 Å². The number of halogens is 3. The largest absolute Gasteiger partial charge is 0.493 e. The Bertz CT molecular complexity index is 1040. The number of hydrogen-bond donors (Lipinski definition) is 0. The van der Waals surface area contributed by atoms with Crippen LogP contribution < -0.4 is 14.4 Å². The van der Waals surface area contributed by atoms with Crippen LogP contribution in [0.15, 0.2) is 77.4 Å². The molecule has 1 heterocycles. The molecule has 0 unspecified atom stereocenters. The summed E-state index contributed by atoms with van der Waals surface area (Å²) in [5, 5.41) is 0. The number of carbonyl (C=O) groups excluding carboxylic acids is 1. The molecule has 0 N–H and O–H groups in total. The summed E-state index contributed by atoms with van der Waals surface area (Å²) in [4.78, 5) is 18.9. The number of benzene rings is 2. The zero-order valence-electron chi connectivity index (χ0n) is 16.5. The third-order valence-corrected chi connectivity index (χ3v) is 4.80. The van der Waals surface area contributed by atoms with Gasteiger partial charge in [-0.1, -0.05) is 28.1 Å². The fourth-order valence-corrected chi connectivity index (χ4v) is 3.07. The van der Waals surface area contributed by atoms with Crippen molar-refractivity contribution < 1.29 is 23.0 Å². The lowest BCUT2D eigenvalue weighted by Gasteiger charge is -2.21.